The summed E-state index contributed by atoms with van der Waals surface area (Å²) in [6, 6.07) is 0. The molecule has 0 aliphatic carbocycles. The molecule has 7 nitrogen and oxygen atoms in total. The van der Waals surface area contributed by atoms with Gasteiger partial charge in [-0.3, -0.25) is 4.90 Å². The molecule has 88 valence electrons. The molecule has 7 heteroatoms. The summed E-state index contributed by atoms with van der Waals surface area (Å²) in [6.45, 7) is 7.36. The zero-order valence-corrected chi connectivity index (χ0v) is 9.30. The van der Waals surface area contributed by atoms with Crippen LogP contribution in [0.4, 0.5) is 0 Å². The van der Waals surface area contributed by atoms with E-state index in [4.69, 9.17) is 16.2 Å². The first-order valence-electron chi connectivity index (χ1n) is 4.76. The Kier molecular flexibility index (Phi) is 3.49. The van der Waals surface area contributed by atoms with E-state index in [2.05, 4.69) is 16.6 Å². The summed E-state index contributed by atoms with van der Waals surface area (Å²) in [4.78, 5) is 20.5. The Morgan fingerprint density at radius 1 is 1.62 bits per heavy atom. The van der Waals surface area contributed by atoms with Crippen LogP contribution in [0.25, 0.3) is 0 Å². The van der Waals surface area contributed by atoms with E-state index >= 15 is 0 Å². The monoisotopic (exact) mass is 225 g/mol. The highest BCUT2D eigenvalue weighted by Gasteiger charge is 2.26. The molecule has 0 aromatic rings. The molecule has 0 aromatic heterocycles. The van der Waals surface area contributed by atoms with E-state index < -0.39 is 12.3 Å². The van der Waals surface area contributed by atoms with Gasteiger partial charge in [-0.05, 0) is 13.8 Å². The van der Waals surface area contributed by atoms with Gasteiger partial charge in [0, 0.05) is 12.1 Å². The van der Waals surface area contributed by atoms with Gasteiger partial charge in [0.25, 0.3) is 6.35 Å². The first-order chi connectivity index (χ1) is 7.45. The molecule has 0 spiro atoms. The minimum absolute atomic E-state index is 0.0123. The summed E-state index contributed by atoms with van der Waals surface area (Å²) in [5.74, 6) is -0.383. The van der Waals surface area contributed by atoms with Crippen LogP contribution in [0, 0.1) is 0 Å². The molecular weight excluding hydrogens is 210 g/mol. The smallest absolute Gasteiger partial charge is 0.336 e. The highest BCUT2D eigenvalue weighted by molar-refractivity contribution is 5.95. The van der Waals surface area contributed by atoms with Crippen molar-refractivity contribution in [2.24, 2.45) is 21.5 Å². The van der Waals surface area contributed by atoms with Gasteiger partial charge < -0.3 is 16.2 Å². The highest BCUT2D eigenvalue weighted by atomic mass is 16.6. The van der Waals surface area contributed by atoms with Crippen molar-refractivity contribution >= 4 is 17.9 Å². The van der Waals surface area contributed by atoms with Crippen molar-refractivity contribution in [3.63, 3.8) is 0 Å². The quantitative estimate of drug-likeness (QED) is 0.490. The zero-order chi connectivity index (χ0) is 12.3. The maximum absolute atomic E-state index is 11.3. The van der Waals surface area contributed by atoms with Gasteiger partial charge in [0.2, 0.25) is 11.9 Å². The molecule has 0 amide bonds. The van der Waals surface area contributed by atoms with Gasteiger partial charge in [0.15, 0.2) is 0 Å². The number of nitrogens with two attached hydrogens (primary N) is 2. The Bertz CT molecular complexity index is 374. The lowest BCUT2D eigenvalue weighted by Gasteiger charge is -2.30. The molecule has 0 saturated carbocycles. The third kappa shape index (κ3) is 2.50. The van der Waals surface area contributed by atoms with Crippen LogP contribution in [0.3, 0.4) is 0 Å². The standard InChI is InChI=1S/C9H15N5O2/c1-4-14-8(11)12-7(10)13-9(14)16-6(15)5(2)3/h9H,2,4H2,1,3H3,(H4,10,11,12,13). The van der Waals surface area contributed by atoms with Crippen molar-refractivity contribution in [3.05, 3.63) is 12.2 Å². The first kappa shape index (κ1) is 12.0. The Balaban J connectivity index is 2.82. The van der Waals surface area contributed by atoms with Gasteiger partial charge >= 0.3 is 5.97 Å². The zero-order valence-electron chi connectivity index (χ0n) is 9.30. The molecular formula is C9H15N5O2. The Morgan fingerprint density at radius 3 is 2.75 bits per heavy atom. The largest absolute Gasteiger partial charge is 0.417 e. The van der Waals surface area contributed by atoms with Crippen molar-refractivity contribution in [2.75, 3.05) is 6.54 Å². The van der Waals surface area contributed by atoms with Crippen LogP contribution in [-0.4, -0.2) is 35.7 Å². The van der Waals surface area contributed by atoms with Crippen LogP contribution in [0.5, 0.6) is 0 Å². The number of aliphatic imine (C=N–C) groups is 2. The lowest BCUT2D eigenvalue weighted by Crippen LogP contribution is -2.49. The molecule has 0 radical (unpaired) electrons. The van der Waals surface area contributed by atoms with E-state index in [9.17, 15) is 4.79 Å². The molecule has 0 saturated heterocycles. The fourth-order valence-electron chi connectivity index (χ4n) is 1.11. The topological polar surface area (TPSA) is 106 Å². The molecule has 1 aliphatic rings. The van der Waals surface area contributed by atoms with E-state index in [1.807, 2.05) is 6.92 Å². The van der Waals surface area contributed by atoms with E-state index in [-0.39, 0.29) is 17.5 Å². The average molecular weight is 225 g/mol. The fourth-order valence-corrected chi connectivity index (χ4v) is 1.11. The number of esters is 1. The van der Waals surface area contributed by atoms with Crippen molar-refractivity contribution in [1.82, 2.24) is 4.90 Å². The summed E-state index contributed by atoms with van der Waals surface area (Å²) >= 11 is 0. The molecule has 0 bridgehead atoms. The summed E-state index contributed by atoms with van der Waals surface area (Å²) in [5.41, 5.74) is 11.3. The second-order valence-corrected chi connectivity index (χ2v) is 3.26. The Labute approximate surface area is 93.5 Å². The SMILES string of the molecule is C=C(C)C(=O)OC1N=C(N)N=C(N)N1CC. The van der Waals surface area contributed by atoms with E-state index in [0.717, 1.165) is 0 Å². The van der Waals surface area contributed by atoms with E-state index in [1.54, 1.807) is 6.92 Å². The predicted molar refractivity (Wildman–Crippen MR) is 60.3 cm³/mol. The van der Waals surface area contributed by atoms with Crippen LogP contribution in [0.2, 0.25) is 0 Å². The van der Waals surface area contributed by atoms with Gasteiger partial charge in [-0.1, -0.05) is 6.58 Å². The van der Waals surface area contributed by atoms with Gasteiger partial charge in [-0.25, -0.2) is 4.79 Å². The Morgan fingerprint density at radius 2 is 2.25 bits per heavy atom. The van der Waals surface area contributed by atoms with Crippen molar-refractivity contribution in [2.45, 2.75) is 20.2 Å². The van der Waals surface area contributed by atoms with Crippen LogP contribution < -0.4 is 11.5 Å². The predicted octanol–water partition coefficient (Wildman–Crippen LogP) is -0.646. The number of guanidine groups is 2. The number of ether oxygens (including phenoxy) is 1. The van der Waals surface area contributed by atoms with E-state index in [1.165, 1.54) is 4.90 Å². The van der Waals surface area contributed by atoms with Gasteiger partial charge in [0.05, 0.1) is 0 Å². The number of hydrogen-bond acceptors (Lipinski definition) is 7. The molecule has 1 rings (SSSR count). The number of rotatable bonds is 3. The minimum atomic E-state index is -0.869. The number of carbonyl (C=O) groups excluding carboxylic acids is 1. The summed E-state index contributed by atoms with van der Waals surface area (Å²) in [5, 5.41) is 0. The first-order valence-corrected chi connectivity index (χ1v) is 4.76. The van der Waals surface area contributed by atoms with Gasteiger partial charge in [-0.2, -0.15) is 9.98 Å². The lowest BCUT2D eigenvalue weighted by molar-refractivity contribution is -0.150. The second kappa shape index (κ2) is 4.65. The molecule has 4 N–H and O–H groups in total. The fraction of sp³-hybridized carbons (Fsp3) is 0.444. The van der Waals surface area contributed by atoms with Crippen LogP contribution in [0.1, 0.15) is 13.8 Å². The van der Waals surface area contributed by atoms with Crippen LogP contribution in [-0.2, 0) is 9.53 Å². The maximum atomic E-state index is 11.3. The molecule has 1 heterocycles. The van der Waals surface area contributed by atoms with Crippen molar-refractivity contribution in [3.8, 4) is 0 Å². The van der Waals surface area contributed by atoms with Crippen molar-refractivity contribution < 1.29 is 9.53 Å². The molecule has 1 atom stereocenters. The average Bonchev–Trinajstić information content (AvgIpc) is 2.16. The Hall–Kier alpha value is -2.05. The van der Waals surface area contributed by atoms with Gasteiger partial charge in [-0.15, -0.1) is 0 Å². The van der Waals surface area contributed by atoms with E-state index in [0.29, 0.717) is 6.54 Å². The lowest BCUT2D eigenvalue weighted by atomic mass is 10.4. The highest BCUT2D eigenvalue weighted by Crippen LogP contribution is 2.09. The third-order valence-electron chi connectivity index (χ3n) is 1.93. The summed E-state index contributed by atoms with van der Waals surface area (Å²) < 4.78 is 5.06. The third-order valence-corrected chi connectivity index (χ3v) is 1.93. The molecule has 0 aromatic carbocycles. The molecule has 1 unspecified atom stereocenters. The maximum Gasteiger partial charge on any atom is 0.336 e. The van der Waals surface area contributed by atoms with Gasteiger partial charge in [0.1, 0.15) is 0 Å². The van der Waals surface area contributed by atoms with Crippen LogP contribution in [0.15, 0.2) is 22.1 Å². The summed E-state index contributed by atoms with van der Waals surface area (Å²) in [7, 11) is 0. The molecule has 1 aliphatic heterocycles. The number of hydrogen-bond donors (Lipinski definition) is 2. The molecule has 16 heavy (non-hydrogen) atoms. The van der Waals surface area contributed by atoms with Crippen LogP contribution >= 0.6 is 0 Å². The normalized spacial score (nSPS) is 19.9. The van der Waals surface area contributed by atoms with Crippen molar-refractivity contribution in [1.29, 1.82) is 0 Å². The minimum Gasteiger partial charge on any atom is -0.417 e. The number of carbonyl (C=O) groups is 1. The molecule has 0 fully saturated rings. The second-order valence-electron chi connectivity index (χ2n) is 3.26. The summed E-state index contributed by atoms with van der Waals surface area (Å²) in [6.07, 6.45) is -0.869. The number of nitrogens with zero attached hydrogens (tertiary/aromatic N) is 3.